The van der Waals surface area contributed by atoms with Crippen molar-refractivity contribution in [1.82, 2.24) is 10.2 Å². The molecule has 0 aromatic carbocycles. The van der Waals surface area contributed by atoms with Crippen LogP contribution in [0.15, 0.2) is 0 Å². The Hall–Kier alpha value is -1.12. The number of hydrogen-bond acceptors (Lipinski definition) is 4. The molecule has 5 nitrogen and oxygen atoms in total. The number of amides is 1. The molecule has 4 bridgehead atoms. The fourth-order valence-corrected chi connectivity index (χ4v) is 7.35. The number of likely N-dealkylation sites (tertiary alicyclic amines) is 1. The summed E-state index contributed by atoms with van der Waals surface area (Å²) in [4.78, 5) is 15.3. The number of nitrogens with one attached hydrogen (secondary N) is 1. The number of nitriles is 1. The van der Waals surface area contributed by atoms with Gasteiger partial charge in [0.25, 0.3) is 0 Å². The van der Waals surface area contributed by atoms with Crippen LogP contribution in [-0.2, 0) is 4.79 Å². The van der Waals surface area contributed by atoms with Crippen molar-refractivity contribution in [2.75, 3.05) is 7.05 Å². The maximum Gasteiger partial charge on any atom is 0.241 e. The van der Waals surface area contributed by atoms with Crippen LogP contribution in [0, 0.1) is 34.5 Å². The summed E-state index contributed by atoms with van der Waals surface area (Å²) in [5.74, 6) is 1.81. The second-order valence-electron chi connectivity index (χ2n) is 9.46. The van der Waals surface area contributed by atoms with Crippen molar-refractivity contribution in [3.8, 4) is 6.07 Å². The number of carbonyl (C=O) groups excluding carboxylic acids is 1. The molecule has 8 atom stereocenters. The van der Waals surface area contributed by atoms with Crippen molar-refractivity contribution in [2.24, 2.45) is 23.2 Å². The lowest BCUT2D eigenvalue weighted by atomic mass is 9.46. The largest absolute Gasteiger partial charge is 0.390 e. The third-order valence-corrected chi connectivity index (χ3v) is 7.73. The Kier molecular flexibility index (Phi) is 2.99. The summed E-state index contributed by atoms with van der Waals surface area (Å²) in [6.07, 6.45) is 7.86. The average Bonchev–Trinajstić information content (AvgIpc) is 3.15. The molecule has 0 aromatic heterocycles. The molecule has 0 radical (unpaired) electrons. The van der Waals surface area contributed by atoms with E-state index in [2.05, 4.69) is 11.4 Å². The third-order valence-electron chi connectivity index (χ3n) is 7.73. The predicted octanol–water partition coefficient (Wildman–Crippen LogP) is 1.42. The Balaban J connectivity index is 1.46. The van der Waals surface area contributed by atoms with Crippen LogP contribution in [0.1, 0.15) is 51.4 Å². The van der Waals surface area contributed by atoms with Gasteiger partial charge in [0.1, 0.15) is 6.04 Å². The average molecular weight is 329 g/mol. The number of nitrogens with zero attached hydrogens (tertiary/aromatic N) is 2. The molecule has 6 aliphatic rings. The lowest BCUT2D eigenvalue weighted by Crippen LogP contribution is -2.65. The summed E-state index contributed by atoms with van der Waals surface area (Å²) in [6, 6.07) is 2.16. The monoisotopic (exact) mass is 329 g/mol. The van der Waals surface area contributed by atoms with E-state index in [1.807, 2.05) is 11.9 Å². The Morgan fingerprint density at radius 2 is 1.96 bits per heavy atom. The van der Waals surface area contributed by atoms with Crippen LogP contribution in [0.2, 0.25) is 0 Å². The first-order valence-corrected chi connectivity index (χ1v) is 9.58. The number of aliphatic hydroxyl groups is 1. The second-order valence-corrected chi connectivity index (χ2v) is 9.46. The Morgan fingerprint density at radius 3 is 2.54 bits per heavy atom. The van der Waals surface area contributed by atoms with Crippen molar-refractivity contribution in [3.05, 3.63) is 0 Å². The van der Waals surface area contributed by atoms with Gasteiger partial charge in [-0.2, -0.15) is 5.26 Å². The minimum absolute atomic E-state index is 0.113. The third kappa shape index (κ3) is 1.96. The van der Waals surface area contributed by atoms with Gasteiger partial charge in [0.2, 0.25) is 5.91 Å². The second kappa shape index (κ2) is 4.74. The molecular weight excluding hydrogens is 302 g/mol. The molecule has 0 aromatic rings. The van der Waals surface area contributed by atoms with E-state index in [0.29, 0.717) is 23.8 Å². The highest BCUT2D eigenvalue weighted by atomic mass is 16.3. The fourth-order valence-electron chi connectivity index (χ4n) is 7.35. The van der Waals surface area contributed by atoms with Crippen molar-refractivity contribution in [1.29, 1.82) is 5.26 Å². The quantitative estimate of drug-likeness (QED) is 0.821. The number of fused-ring (bicyclic) bond motifs is 1. The summed E-state index contributed by atoms with van der Waals surface area (Å²) in [5.41, 5.74) is -0.668. The van der Waals surface area contributed by atoms with E-state index in [9.17, 15) is 15.2 Å². The van der Waals surface area contributed by atoms with E-state index in [4.69, 9.17) is 0 Å². The molecule has 2 unspecified atom stereocenters. The SMILES string of the molecule is CN[C@@H](C(=O)N1[C@H](C#N)C[C@@H]2C[C@@H]21)C12C[C@@H]3C[C@@H](CC(O)(C3)C1)C2. The smallest absolute Gasteiger partial charge is 0.241 e. The van der Waals surface area contributed by atoms with Crippen molar-refractivity contribution >= 4 is 5.91 Å². The molecule has 5 aliphatic carbocycles. The van der Waals surface area contributed by atoms with E-state index in [0.717, 1.165) is 44.9 Å². The number of carbonyl (C=O) groups is 1. The molecule has 6 fully saturated rings. The van der Waals surface area contributed by atoms with Crippen LogP contribution < -0.4 is 5.32 Å². The van der Waals surface area contributed by atoms with E-state index in [-0.39, 0.29) is 23.4 Å². The van der Waals surface area contributed by atoms with Gasteiger partial charge in [0, 0.05) is 6.04 Å². The molecular formula is C19H27N3O2. The van der Waals surface area contributed by atoms with Gasteiger partial charge in [-0.15, -0.1) is 0 Å². The van der Waals surface area contributed by atoms with Crippen LogP contribution in [0.4, 0.5) is 0 Å². The molecule has 1 saturated heterocycles. The first-order valence-electron chi connectivity index (χ1n) is 9.58. The van der Waals surface area contributed by atoms with Gasteiger partial charge in [-0.05, 0) is 81.6 Å². The summed E-state index contributed by atoms with van der Waals surface area (Å²) < 4.78 is 0. The molecule has 2 N–H and O–H groups in total. The predicted molar refractivity (Wildman–Crippen MR) is 87.7 cm³/mol. The minimum Gasteiger partial charge on any atom is -0.390 e. The van der Waals surface area contributed by atoms with Crippen LogP contribution in [0.3, 0.4) is 0 Å². The molecule has 130 valence electrons. The molecule has 24 heavy (non-hydrogen) atoms. The summed E-state index contributed by atoms with van der Waals surface area (Å²) >= 11 is 0. The maximum absolute atomic E-state index is 13.4. The van der Waals surface area contributed by atoms with Crippen LogP contribution in [0.25, 0.3) is 0 Å². The van der Waals surface area contributed by atoms with Gasteiger partial charge < -0.3 is 15.3 Å². The standard InChI is InChI=1S/C19H27N3O2/c1-21-16(17(23)22-14(9-20)3-13-4-15(13)22)18-5-11-2-12(6-18)8-19(24,7-11)10-18/h11-16,21,24H,2-8,10H2,1H3/t11-,12+,13-,14+,15+,16+,18?,19?/m1/s1. The highest BCUT2D eigenvalue weighted by molar-refractivity contribution is 5.85. The highest BCUT2D eigenvalue weighted by Gasteiger charge is 2.63. The molecule has 0 spiro atoms. The fraction of sp³-hybridized carbons (Fsp3) is 0.895. The van der Waals surface area contributed by atoms with Gasteiger partial charge >= 0.3 is 0 Å². The zero-order valence-electron chi connectivity index (χ0n) is 14.4. The molecule has 6 rings (SSSR count). The molecule has 5 saturated carbocycles. The number of hydrogen-bond donors (Lipinski definition) is 2. The van der Waals surface area contributed by atoms with Gasteiger partial charge in [0.15, 0.2) is 0 Å². The van der Waals surface area contributed by atoms with Crippen molar-refractivity contribution in [2.45, 2.75) is 75.1 Å². The van der Waals surface area contributed by atoms with Gasteiger partial charge in [0.05, 0.1) is 17.7 Å². The Labute approximate surface area is 143 Å². The Bertz CT molecular complexity index is 613. The Morgan fingerprint density at radius 1 is 1.25 bits per heavy atom. The van der Waals surface area contributed by atoms with Crippen LogP contribution in [0.5, 0.6) is 0 Å². The molecule has 1 aliphatic heterocycles. The van der Waals surface area contributed by atoms with E-state index in [1.54, 1.807) is 0 Å². The number of likely N-dealkylation sites (N-methyl/N-ethyl adjacent to an activating group) is 1. The zero-order chi connectivity index (χ0) is 16.7. The van der Waals surface area contributed by atoms with Crippen molar-refractivity contribution in [3.63, 3.8) is 0 Å². The maximum atomic E-state index is 13.4. The van der Waals surface area contributed by atoms with Gasteiger partial charge in [-0.25, -0.2) is 0 Å². The molecule has 5 heteroatoms. The van der Waals surface area contributed by atoms with E-state index in [1.165, 1.54) is 6.42 Å². The van der Waals surface area contributed by atoms with Crippen LogP contribution in [-0.4, -0.2) is 46.7 Å². The lowest BCUT2D eigenvalue weighted by Gasteiger charge is -2.62. The summed E-state index contributed by atoms with van der Waals surface area (Å²) in [6.45, 7) is 0. The van der Waals surface area contributed by atoms with E-state index < -0.39 is 5.60 Å². The first-order chi connectivity index (χ1) is 11.5. The van der Waals surface area contributed by atoms with Gasteiger partial charge in [-0.1, -0.05) is 0 Å². The van der Waals surface area contributed by atoms with E-state index >= 15 is 0 Å². The zero-order valence-corrected chi connectivity index (χ0v) is 14.4. The van der Waals surface area contributed by atoms with Crippen molar-refractivity contribution < 1.29 is 9.90 Å². The van der Waals surface area contributed by atoms with Crippen LogP contribution >= 0.6 is 0 Å². The first kappa shape index (κ1) is 15.2. The summed E-state index contributed by atoms with van der Waals surface area (Å²) in [7, 11) is 1.88. The topological polar surface area (TPSA) is 76.4 Å². The normalized spacial score (nSPS) is 52.0. The van der Waals surface area contributed by atoms with Gasteiger partial charge in [-0.3, -0.25) is 4.79 Å². The number of piperidine rings is 1. The minimum atomic E-state index is -0.554. The lowest BCUT2D eigenvalue weighted by molar-refractivity contribution is -0.180. The molecule has 1 heterocycles. The molecule has 1 amide bonds. The number of rotatable bonds is 3. The highest BCUT2D eigenvalue weighted by Crippen LogP contribution is 2.63. The summed E-state index contributed by atoms with van der Waals surface area (Å²) in [5, 5.41) is 23.8.